The molecule has 1 fully saturated rings. The van der Waals surface area contributed by atoms with Crippen molar-refractivity contribution in [2.45, 2.75) is 64.5 Å². The molecule has 1 aliphatic rings. The van der Waals surface area contributed by atoms with Gasteiger partial charge in [-0.05, 0) is 51.3 Å². The summed E-state index contributed by atoms with van der Waals surface area (Å²) in [4.78, 5) is 12.3. The first kappa shape index (κ1) is 17.7. The molecule has 0 spiro atoms. The Kier molecular flexibility index (Phi) is 5.60. The Balaban J connectivity index is 1.98. The van der Waals surface area contributed by atoms with E-state index in [0.717, 1.165) is 11.3 Å². The van der Waals surface area contributed by atoms with Crippen molar-refractivity contribution >= 4 is 5.91 Å². The molecule has 0 bridgehead atoms. The lowest BCUT2D eigenvalue weighted by molar-refractivity contribution is -0.132. The molecule has 1 amide bonds. The molecule has 0 aromatic heterocycles. The quantitative estimate of drug-likeness (QED) is 0.867. The highest BCUT2D eigenvalue weighted by molar-refractivity contribution is 5.79. The highest BCUT2D eigenvalue weighted by Gasteiger charge is 2.39. The van der Waals surface area contributed by atoms with Crippen LogP contribution in [0.3, 0.4) is 0 Å². The number of rotatable bonds is 5. The van der Waals surface area contributed by atoms with E-state index in [1.54, 1.807) is 0 Å². The number of halogens is 2. The van der Waals surface area contributed by atoms with Gasteiger partial charge in [0.05, 0.1) is 12.1 Å². The molecule has 0 aliphatic heterocycles. The summed E-state index contributed by atoms with van der Waals surface area (Å²) in [5.74, 6) is -2.86. The topological polar surface area (TPSA) is 38.3 Å². The molecule has 2 atom stereocenters. The lowest BCUT2D eigenvalue weighted by Gasteiger charge is -2.29. The zero-order chi connectivity index (χ0) is 17.0. The number of benzene rings is 1. The van der Waals surface area contributed by atoms with Crippen molar-refractivity contribution in [2.24, 2.45) is 5.92 Å². The number of carbonyl (C=O) groups excluding carboxylic acids is 1. The van der Waals surface area contributed by atoms with Crippen molar-refractivity contribution in [2.75, 3.05) is 0 Å². The third kappa shape index (κ3) is 5.19. The van der Waals surface area contributed by atoms with Crippen LogP contribution in [-0.4, -0.2) is 17.9 Å². The zero-order valence-electron chi connectivity index (χ0n) is 13.9. The zero-order valence-corrected chi connectivity index (χ0v) is 13.9. The first-order chi connectivity index (χ1) is 10.8. The molecule has 1 saturated carbocycles. The highest BCUT2D eigenvalue weighted by Crippen LogP contribution is 2.37. The van der Waals surface area contributed by atoms with Crippen LogP contribution < -0.4 is 10.1 Å². The fraction of sp³-hybridized carbons (Fsp3) is 0.611. The summed E-state index contributed by atoms with van der Waals surface area (Å²) in [7, 11) is 0. The average molecular weight is 325 g/mol. The number of hydrogen-bond donors (Lipinski definition) is 1. The fourth-order valence-corrected chi connectivity index (χ4v) is 2.94. The molecule has 1 N–H and O–H groups in total. The van der Waals surface area contributed by atoms with Crippen LogP contribution in [0.15, 0.2) is 24.3 Å². The predicted molar refractivity (Wildman–Crippen MR) is 85.7 cm³/mol. The minimum atomic E-state index is -2.71. The second-order valence-electron chi connectivity index (χ2n) is 6.62. The lowest BCUT2D eigenvalue weighted by Crippen LogP contribution is -2.38. The first-order valence-corrected chi connectivity index (χ1v) is 8.21. The fourth-order valence-electron chi connectivity index (χ4n) is 2.94. The van der Waals surface area contributed by atoms with Crippen LogP contribution >= 0.6 is 0 Å². The Hall–Kier alpha value is -1.65. The Labute approximate surface area is 136 Å². The molecule has 0 radical (unpaired) electrons. The average Bonchev–Trinajstić information content (AvgIpc) is 2.45. The number of ether oxygens (including phenoxy) is 1. The van der Waals surface area contributed by atoms with Gasteiger partial charge in [-0.3, -0.25) is 4.79 Å². The number of carbonyl (C=O) groups is 1. The smallest absolute Gasteiger partial charge is 0.248 e. The molecular formula is C18H25F2NO2. The van der Waals surface area contributed by atoms with E-state index in [1.807, 2.05) is 45.0 Å². The van der Waals surface area contributed by atoms with Gasteiger partial charge in [0.1, 0.15) is 5.75 Å². The van der Waals surface area contributed by atoms with Gasteiger partial charge in [-0.25, -0.2) is 8.78 Å². The molecule has 0 saturated heterocycles. The maximum Gasteiger partial charge on any atom is 0.248 e. The number of amides is 1. The van der Waals surface area contributed by atoms with Gasteiger partial charge in [0, 0.05) is 18.8 Å². The van der Waals surface area contributed by atoms with Gasteiger partial charge in [-0.2, -0.15) is 0 Å². The van der Waals surface area contributed by atoms with Gasteiger partial charge in [0.2, 0.25) is 11.8 Å². The summed E-state index contributed by atoms with van der Waals surface area (Å²) < 4.78 is 32.5. The SMILES string of the molecule is CC(C)Oc1cccc([C@@H](C)NC(=O)[C@H]2CCCC(F)(F)C2)c1. The van der Waals surface area contributed by atoms with Gasteiger partial charge >= 0.3 is 0 Å². The van der Waals surface area contributed by atoms with Crippen LogP contribution in [-0.2, 0) is 4.79 Å². The normalized spacial score (nSPS) is 21.7. The maximum atomic E-state index is 13.5. The molecular weight excluding hydrogens is 300 g/mol. The third-order valence-corrected chi connectivity index (χ3v) is 4.10. The summed E-state index contributed by atoms with van der Waals surface area (Å²) in [6, 6.07) is 7.26. The standard InChI is InChI=1S/C18H25F2NO2/c1-12(2)23-16-8-4-6-14(10-16)13(3)21-17(22)15-7-5-9-18(19,20)11-15/h4,6,8,10,12-13,15H,5,7,9,11H2,1-3H3,(H,21,22)/t13-,15+/m1/s1. The van der Waals surface area contributed by atoms with E-state index in [0.29, 0.717) is 12.8 Å². The van der Waals surface area contributed by atoms with Gasteiger partial charge in [-0.1, -0.05) is 12.1 Å². The molecule has 1 aromatic rings. The predicted octanol–water partition coefficient (Wildman–Crippen LogP) is 4.48. The molecule has 1 aliphatic carbocycles. The second kappa shape index (κ2) is 7.28. The van der Waals surface area contributed by atoms with E-state index in [4.69, 9.17) is 4.74 Å². The van der Waals surface area contributed by atoms with Gasteiger partial charge in [0.15, 0.2) is 0 Å². The summed E-state index contributed by atoms with van der Waals surface area (Å²) in [5.41, 5.74) is 0.902. The number of alkyl halides is 2. The Morgan fingerprint density at radius 1 is 1.35 bits per heavy atom. The van der Waals surface area contributed by atoms with Crippen molar-refractivity contribution in [3.8, 4) is 5.75 Å². The molecule has 0 unspecified atom stereocenters. The van der Waals surface area contributed by atoms with Crippen molar-refractivity contribution in [3.63, 3.8) is 0 Å². The maximum absolute atomic E-state index is 13.5. The van der Waals surface area contributed by atoms with Gasteiger partial charge < -0.3 is 10.1 Å². The largest absolute Gasteiger partial charge is 0.491 e. The lowest BCUT2D eigenvalue weighted by atomic mass is 9.85. The van der Waals surface area contributed by atoms with Crippen LogP contribution in [0.4, 0.5) is 8.78 Å². The van der Waals surface area contributed by atoms with Gasteiger partial charge in [-0.15, -0.1) is 0 Å². The Morgan fingerprint density at radius 3 is 2.74 bits per heavy atom. The molecule has 2 rings (SSSR count). The Bertz CT molecular complexity index is 546. The van der Waals surface area contributed by atoms with E-state index in [9.17, 15) is 13.6 Å². The first-order valence-electron chi connectivity index (χ1n) is 8.21. The van der Waals surface area contributed by atoms with Gasteiger partial charge in [0.25, 0.3) is 0 Å². The molecule has 1 aromatic carbocycles. The van der Waals surface area contributed by atoms with E-state index >= 15 is 0 Å². The minimum absolute atomic E-state index is 0.0691. The summed E-state index contributed by atoms with van der Waals surface area (Å²) >= 11 is 0. The second-order valence-corrected chi connectivity index (χ2v) is 6.62. The monoisotopic (exact) mass is 325 g/mol. The van der Waals surface area contributed by atoms with E-state index in [1.165, 1.54) is 0 Å². The van der Waals surface area contributed by atoms with Crippen LogP contribution in [0.2, 0.25) is 0 Å². The molecule has 3 nitrogen and oxygen atoms in total. The van der Waals surface area contributed by atoms with Crippen molar-refractivity contribution < 1.29 is 18.3 Å². The third-order valence-electron chi connectivity index (χ3n) is 4.10. The van der Waals surface area contributed by atoms with E-state index in [2.05, 4.69) is 5.32 Å². The van der Waals surface area contributed by atoms with Crippen molar-refractivity contribution in [1.29, 1.82) is 0 Å². The molecule has 5 heteroatoms. The van der Waals surface area contributed by atoms with Crippen molar-refractivity contribution in [3.05, 3.63) is 29.8 Å². The number of hydrogen-bond acceptors (Lipinski definition) is 2. The summed E-state index contributed by atoms with van der Waals surface area (Å²) in [5, 5.41) is 2.86. The minimum Gasteiger partial charge on any atom is -0.491 e. The highest BCUT2D eigenvalue weighted by atomic mass is 19.3. The van der Waals surface area contributed by atoms with Crippen LogP contribution in [0.25, 0.3) is 0 Å². The molecule has 23 heavy (non-hydrogen) atoms. The van der Waals surface area contributed by atoms with Crippen LogP contribution in [0, 0.1) is 5.92 Å². The van der Waals surface area contributed by atoms with E-state index in [-0.39, 0.29) is 30.9 Å². The summed E-state index contributed by atoms with van der Waals surface area (Å²) in [6.07, 6.45) is 0.546. The van der Waals surface area contributed by atoms with Crippen LogP contribution in [0.1, 0.15) is 58.1 Å². The molecule has 128 valence electrons. The van der Waals surface area contributed by atoms with Crippen LogP contribution in [0.5, 0.6) is 5.75 Å². The van der Waals surface area contributed by atoms with E-state index < -0.39 is 11.8 Å². The molecule has 0 heterocycles. The summed E-state index contributed by atoms with van der Waals surface area (Å²) in [6.45, 7) is 5.75. The van der Waals surface area contributed by atoms with Crippen molar-refractivity contribution in [1.82, 2.24) is 5.32 Å². The number of nitrogens with one attached hydrogen (secondary N) is 1. The Morgan fingerprint density at radius 2 is 2.09 bits per heavy atom.